The Balaban J connectivity index is 1.77. The van der Waals surface area contributed by atoms with Gasteiger partial charge in [0.25, 0.3) is 0 Å². The molecule has 2 rings (SSSR count). The van der Waals surface area contributed by atoms with Crippen LogP contribution in [0.1, 0.15) is 12.5 Å². The third-order valence-electron chi connectivity index (χ3n) is 4.18. The molecule has 1 aliphatic rings. The number of urea groups is 1. The zero-order valence-corrected chi connectivity index (χ0v) is 15.3. The fraction of sp³-hybridized carbons (Fsp3) is 0.500. The number of rotatable bonds is 6. The molecule has 1 fully saturated rings. The zero-order valence-electron chi connectivity index (χ0n) is 15.3. The average molecular weight is 362 g/mol. The van der Waals surface area contributed by atoms with Gasteiger partial charge in [-0.1, -0.05) is 12.1 Å². The highest BCUT2D eigenvalue weighted by molar-refractivity contribution is 5.84. The summed E-state index contributed by atoms with van der Waals surface area (Å²) in [4.78, 5) is 39.3. The lowest BCUT2D eigenvalue weighted by molar-refractivity contribution is -0.131. The maximum Gasteiger partial charge on any atom is 0.317 e. The monoisotopic (exact) mass is 362 g/mol. The highest BCUT2D eigenvalue weighted by atomic mass is 16.5. The van der Waals surface area contributed by atoms with Gasteiger partial charge in [-0.3, -0.25) is 9.59 Å². The van der Waals surface area contributed by atoms with E-state index >= 15 is 0 Å². The summed E-state index contributed by atoms with van der Waals surface area (Å²) in [6, 6.07) is 7.16. The van der Waals surface area contributed by atoms with Crippen LogP contribution in [0.25, 0.3) is 0 Å². The summed E-state index contributed by atoms with van der Waals surface area (Å²) in [6.45, 7) is 4.18. The molecule has 2 N–H and O–H groups in total. The molecule has 0 unspecified atom stereocenters. The molecule has 0 spiro atoms. The topological polar surface area (TPSA) is 91.0 Å². The largest absolute Gasteiger partial charge is 0.497 e. The molecule has 0 saturated carbocycles. The van der Waals surface area contributed by atoms with Gasteiger partial charge in [0.05, 0.1) is 20.1 Å². The molecule has 26 heavy (non-hydrogen) atoms. The number of hydrogen-bond acceptors (Lipinski definition) is 4. The number of amides is 4. The van der Waals surface area contributed by atoms with Gasteiger partial charge in [0, 0.05) is 32.7 Å². The summed E-state index contributed by atoms with van der Waals surface area (Å²) in [7, 11) is 1.59. The number of carbonyl (C=O) groups is 3. The molecular formula is C18H26N4O4. The van der Waals surface area contributed by atoms with E-state index in [1.165, 1.54) is 0 Å². The van der Waals surface area contributed by atoms with Gasteiger partial charge in [0.2, 0.25) is 11.8 Å². The molecule has 0 atom stereocenters. The van der Waals surface area contributed by atoms with Gasteiger partial charge in [0.15, 0.2) is 0 Å². The zero-order chi connectivity index (χ0) is 18.9. The van der Waals surface area contributed by atoms with E-state index in [9.17, 15) is 14.4 Å². The second kappa shape index (κ2) is 9.65. The molecule has 1 aromatic carbocycles. The van der Waals surface area contributed by atoms with E-state index < -0.39 is 0 Å². The van der Waals surface area contributed by atoms with Crippen molar-refractivity contribution < 1.29 is 19.1 Å². The number of nitrogens with zero attached hydrogens (tertiary/aromatic N) is 2. The lowest BCUT2D eigenvalue weighted by Gasteiger charge is -2.34. The van der Waals surface area contributed by atoms with E-state index in [-0.39, 0.29) is 24.4 Å². The summed E-state index contributed by atoms with van der Waals surface area (Å²) >= 11 is 0. The molecule has 1 aliphatic heterocycles. The first-order chi connectivity index (χ1) is 12.5. The Kier molecular flexibility index (Phi) is 7.25. The first kappa shape index (κ1) is 19.6. The van der Waals surface area contributed by atoms with Crippen LogP contribution in [0.4, 0.5) is 4.79 Å². The lowest BCUT2D eigenvalue weighted by atomic mass is 10.1. The Labute approximate surface area is 153 Å². The van der Waals surface area contributed by atoms with Crippen LogP contribution in [-0.4, -0.2) is 74.0 Å². The maximum atomic E-state index is 12.4. The summed E-state index contributed by atoms with van der Waals surface area (Å²) < 4.78 is 5.17. The molecule has 1 heterocycles. The van der Waals surface area contributed by atoms with E-state index in [1.807, 2.05) is 31.2 Å². The van der Waals surface area contributed by atoms with E-state index in [1.54, 1.807) is 16.9 Å². The predicted molar refractivity (Wildman–Crippen MR) is 96.9 cm³/mol. The molecule has 4 amide bonds. The minimum atomic E-state index is -0.281. The van der Waals surface area contributed by atoms with Crippen molar-refractivity contribution in [2.45, 2.75) is 13.3 Å². The van der Waals surface area contributed by atoms with Crippen molar-refractivity contribution in [3.8, 4) is 5.75 Å². The number of carbonyl (C=O) groups excluding carboxylic acids is 3. The van der Waals surface area contributed by atoms with Crippen LogP contribution in [0.3, 0.4) is 0 Å². The van der Waals surface area contributed by atoms with Gasteiger partial charge in [-0.25, -0.2) is 4.79 Å². The summed E-state index contributed by atoms with van der Waals surface area (Å²) in [5.41, 5.74) is 0.899. The van der Waals surface area contributed by atoms with Crippen LogP contribution < -0.4 is 15.4 Å². The van der Waals surface area contributed by atoms with Crippen LogP contribution in [0.2, 0.25) is 0 Å². The van der Waals surface area contributed by atoms with Crippen LogP contribution in [0.15, 0.2) is 24.3 Å². The maximum absolute atomic E-state index is 12.4. The second-order valence-corrected chi connectivity index (χ2v) is 6.01. The fourth-order valence-electron chi connectivity index (χ4n) is 2.76. The molecular weight excluding hydrogens is 336 g/mol. The standard InChI is InChI=1S/C18H26N4O4/c1-3-19-16(23)13-20-18(25)22-9-7-21(8-10-22)17(24)12-14-5-4-6-15(11-14)26-2/h4-6,11H,3,7-10,12-13H2,1-2H3,(H,19,23)(H,20,25). The first-order valence-corrected chi connectivity index (χ1v) is 8.73. The third-order valence-corrected chi connectivity index (χ3v) is 4.18. The Morgan fingerprint density at radius 2 is 1.77 bits per heavy atom. The van der Waals surface area contributed by atoms with E-state index in [2.05, 4.69) is 10.6 Å². The number of benzene rings is 1. The van der Waals surface area contributed by atoms with Gasteiger partial charge >= 0.3 is 6.03 Å². The molecule has 0 bridgehead atoms. The quantitative estimate of drug-likeness (QED) is 0.758. The van der Waals surface area contributed by atoms with Gasteiger partial charge in [-0.15, -0.1) is 0 Å². The Hall–Kier alpha value is -2.77. The Morgan fingerprint density at radius 3 is 2.42 bits per heavy atom. The molecule has 0 aromatic heterocycles. The normalized spacial score (nSPS) is 13.9. The van der Waals surface area contributed by atoms with E-state index in [0.717, 1.165) is 11.3 Å². The number of likely N-dealkylation sites (N-methyl/N-ethyl adjacent to an activating group) is 1. The number of nitrogens with one attached hydrogen (secondary N) is 2. The number of ether oxygens (including phenoxy) is 1. The predicted octanol–water partition coefficient (Wildman–Crippen LogP) is 0.228. The second-order valence-electron chi connectivity index (χ2n) is 6.01. The molecule has 1 saturated heterocycles. The van der Waals surface area contributed by atoms with Crippen molar-refractivity contribution in [3.05, 3.63) is 29.8 Å². The third kappa shape index (κ3) is 5.65. The minimum Gasteiger partial charge on any atom is -0.497 e. The Morgan fingerprint density at radius 1 is 1.08 bits per heavy atom. The SMILES string of the molecule is CCNC(=O)CNC(=O)N1CCN(C(=O)Cc2cccc(OC)c2)CC1. The van der Waals surface area contributed by atoms with E-state index in [0.29, 0.717) is 39.1 Å². The van der Waals surface area contributed by atoms with Gasteiger partial charge in [0.1, 0.15) is 5.75 Å². The number of piperazine rings is 1. The van der Waals surface area contributed by atoms with Gasteiger partial charge in [-0.05, 0) is 24.6 Å². The number of methoxy groups -OCH3 is 1. The van der Waals surface area contributed by atoms with E-state index in [4.69, 9.17) is 4.74 Å². The highest BCUT2D eigenvalue weighted by Gasteiger charge is 2.24. The van der Waals surface area contributed by atoms with Crippen molar-refractivity contribution in [2.75, 3.05) is 46.4 Å². The summed E-state index contributed by atoms with van der Waals surface area (Å²) in [5, 5.41) is 5.21. The Bertz CT molecular complexity index is 642. The van der Waals surface area contributed by atoms with Gasteiger partial charge in [-0.2, -0.15) is 0 Å². The van der Waals surface area contributed by atoms with Crippen LogP contribution in [0.5, 0.6) is 5.75 Å². The fourth-order valence-corrected chi connectivity index (χ4v) is 2.76. The highest BCUT2D eigenvalue weighted by Crippen LogP contribution is 2.14. The van der Waals surface area contributed by atoms with Crippen LogP contribution >= 0.6 is 0 Å². The molecule has 142 valence electrons. The molecule has 0 radical (unpaired) electrons. The molecule has 1 aromatic rings. The summed E-state index contributed by atoms with van der Waals surface area (Å²) in [6.07, 6.45) is 0.306. The van der Waals surface area contributed by atoms with Crippen molar-refractivity contribution in [1.82, 2.24) is 20.4 Å². The van der Waals surface area contributed by atoms with Crippen LogP contribution in [-0.2, 0) is 16.0 Å². The molecule has 8 heteroatoms. The van der Waals surface area contributed by atoms with Crippen LogP contribution in [0, 0.1) is 0 Å². The lowest BCUT2D eigenvalue weighted by Crippen LogP contribution is -2.54. The van der Waals surface area contributed by atoms with Crippen molar-refractivity contribution in [3.63, 3.8) is 0 Å². The molecule has 0 aliphatic carbocycles. The minimum absolute atomic E-state index is 0.0284. The smallest absolute Gasteiger partial charge is 0.317 e. The first-order valence-electron chi connectivity index (χ1n) is 8.73. The average Bonchev–Trinajstić information content (AvgIpc) is 2.66. The van der Waals surface area contributed by atoms with Crippen molar-refractivity contribution in [1.29, 1.82) is 0 Å². The van der Waals surface area contributed by atoms with Crippen molar-refractivity contribution >= 4 is 17.8 Å². The number of hydrogen-bond donors (Lipinski definition) is 2. The molecule has 8 nitrogen and oxygen atoms in total. The van der Waals surface area contributed by atoms with Gasteiger partial charge < -0.3 is 25.2 Å². The van der Waals surface area contributed by atoms with Crippen molar-refractivity contribution in [2.24, 2.45) is 0 Å². The summed E-state index contributed by atoms with van der Waals surface area (Å²) in [5.74, 6) is 0.539.